The van der Waals surface area contributed by atoms with Crippen molar-refractivity contribution in [2.24, 2.45) is 7.05 Å². The molecule has 1 aromatic heterocycles. The van der Waals surface area contributed by atoms with Gasteiger partial charge in [-0.25, -0.2) is 0 Å². The van der Waals surface area contributed by atoms with E-state index < -0.39 is 0 Å². The highest BCUT2D eigenvalue weighted by atomic mass is 16.1. The van der Waals surface area contributed by atoms with Crippen molar-refractivity contribution in [3.63, 3.8) is 0 Å². The Hall–Kier alpha value is -1.12. The van der Waals surface area contributed by atoms with Gasteiger partial charge in [-0.3, -0.25) is 9.48 Å². The standard InChI is InChI=1S/C11H18N2O/c1-4-5-6-7-11(14)10-8-13(3)12-9(10)2/h8H,4-7H2,1-3H3. The summed E-state index contributed by atoms with van der Waals surface area (Å²) in [4.78, 5) is 11.7. The summed E-state index contributed by atoms with van der Waals surface area (Å²) >= 11 is 0. The van der Waals surface area contributed by atoms with Crippen LogP contribution in [-0.4, -0.2) is 15.6 Å². The summed E-state index contributed by atoms with van der Waals surface area (Å²) in [5, 5.41) is 4.16. The maximum absolute atomic E-state index is 11.7. The summed E-state index contributed by atoms with van der Waals surface area (Å²) in [5.74, 6) is 0.226. The van der Waals surface area contributed by atoms with E-state index in [-0.39, 0.29) is 5.78 Å². The predicted molar refractivity (Wildman–Crippen MR) is 56.4 cm³/mol. The Balaban J connectivity index is 2.56. The predicted octanol–water partition coefficient (Wildman–Crippen LogP) is 2.49. The normalized spacial score (nSPS) is 10.5. The number of carbonyl (C=O) groups is 1. The van der Waals surface area contributed by atoms with Crippen molar-refractivity contribution in [1.82, 2.24) is 9.78 Å². The Labute approximate surface area is 85.1 Å². The number of ketones is 1. The first-order valence-electron chi connectivity index (χ1n) is 5.18. The fraction of sp³-hybridized carbons (Fsp3) is 0.636. The summed E-state index contributed by atoms with van der Waals surface area (Å²) in [6, 6.07) is 0. The number of aryl methyl sites for hydroxylation is 2. The van der Waals surface area contributed by atoms with Crippen molar-refractivity contribution in [1.29, 1.82) is 0 Å². The quantitative estimate of drug-likeness (QED) is 0.533. The Bertz CT molecular complexity index is 315. The van der Waals surface area contributed by atoms with Gasteiger partial charge in [-0.1, -0.05) is 19.8 Å². The lowest BCUT2D eigenvalue weighted by atomic mass is 10.1. The second-order valence-corrected chi connectivity index (χ2v) is 3.68. The summed E-state index contributed by atoms with van der Waals surface area (Å²) in [5.41, 5.74) is 1.62. The smallest absolute Gasteiger partial charge is 0.166 e. The molecule has 0 atom stereocenters. The zero-order valence-corrected chi connectivity index (χ0v) is 9.21. The zero-order valence-electron chi connectivity index (χ0n) is 9.21. The minimum absolute atomic E-state index is 0.226. The van der Waals surface area contributed by atoms with E-state index in [4.69, 9.17) is 0 Å². The first kappa shape index (κ1) is 11.0. The number of hydrogen-bond acceptors (Lipinski definition) is 2. The lowest BCUT2D eigenvalue weighted by molar-refractivity contribution is 0.0978. The number of Topliss-reactive ketones (excluding diaryl/α,β-unsaturated/α-hetero) is 1. The monoisotopic (exact) mass is 194 g/mol. The van der Waals surface area contributed by atoms with Crippen molar-refractivity contribution in [2.75, 3.05) is 0 Å². The van der Waals surface area contributed by atoms with Gasteiger partial charge < -0.3 is 0 Å². The van der Waals surface area contributed by atoms with Crippen molar-refractivity contribution in [3.05, 3.63) is 17.5 Å². The van der Waals surface area contributed by atoms with E-state index >= 15 is 0 Å². The van der Waals surface area contributed by atoms with Gasteiger partial charge in [0.25, 0.3) is 0 Å². The highest BCUT2D eigenvalue weighted by Gasteiger charge is 2.11. The number of hydrogen-bond donors (Lipinski definition) is 0. The lowest BCUT2D eigenvalue weighted by Gasteiger charge is -1.97. The Morgan fingerprint density at radius 3 is 2.71 bits per heavy atom. The van der Waals surface area contributed by atoms with Gasteiger partial charge in [-0.2, -0.15) is 5.10 Å². The molecule has 0 unspecified atom stereocenters. The van der Waals surface area contributed by atoms with Crippen molar-refractivity contribution in [2.45, 2.75) is 39.5 Å². The molecule has 0 radical (unpaired) electrons. The van der Waals surface area contributed by atoms with Crippen LogP contribution in [0.2, 0.25) is 0 Å². The van der Waals surface area contributed by atoms with Gasteiger partial charge >= 0.3 is 0 Å². The van der Waals surface area contributed by atoms with Crippen LogP contribution in [0.1, 0.15) is 48.7 Å². The molecule has 78 valence electrons. The first-order chi connectivity index (χ1) is 6.65. The number of carbonyl (C=O) groups excluding carboxylic acids is 1. The van der Waals surface area contributed by atoms with Crippen LogP contribution in [0.25, 0.3) is 0 Å². The Morgan fingerprint density at radius 2 is 2.21 bits per heavy atom. The molecular formula is C11H18N2O. The minimum Gasteiger partial charge on any atom is -0.294 e. The van der Waals surface area contributed by atoms with Gasteiger partial charge in [-0.05, 0) is 13.3 Å². The van der Waals surface area contributed by atoms with Crippen molar-refractivity contribution < 1.29 is 4.79 Å². The van der Waals surface area contributed by atoms with Crippen LogP contribution in [-0.2, 0) is 7.05 Å². The molecule has 3 heteroatoms. The zero-order chi connectivity index (χ0) is 10.6. The molecule has 0 fully saturated rings. The molecule has 0 amide bonds. The number of rotatable bonds is 5. The van der Waals surface area contributed by atoms with Crippen LogP contribution in [0.15, 0.2) is 6.20 Å². The van der Waals surface area contributed by atoms with Crippen LogP contribution < -0.4 is 0 Å². The van der Waals surface area contributed by atoms with E-state index in [0.717, 1.165) is 30.5 Å². The molecule has 1 heterocycles. The van der Waals surface area contributed by atoms with E-state index in [1.165, 1.54) is 0 Å². The minimum atomic E-state index is 0.226. The second-order valence-electron chi connectivity index (χ2n) is 3.68. The van der Waals surface area contributed by atoms with Gasteiger partial charge in [0, 0.05) is 19.7 Å². The molecule has 0 aliphatic rings. The van der Waals surface area contributed by atoms with Crippen molar-refractivity contribution >= 4 is 5.78 Å². The maximum atomic E-state index is 11.7. The fourth-order valence-corrected chi connectivity index (χ4v) is 1.54. The van der Waals surface area contributed by atoms with Crippen LogP contribution in [0.5, 0.6) is 0 Å². The Morgan fingerprint density at radius 1 is 1.50 bits per heavy atom. The highest BCUT2D eigenvalue weighted by Crippen LogP contribution is 2.10. The maximum Gasteiger partial charge on any atom is 0.166 e. The summed E-state index contributed by atoms with van der Waals surface area (Å²) in [7, 11) is 1.84. The largest absolute Gasteiger partial charge is 0.294 e. The van der Waals surface area contributed by atoms with Gasteiger partial charge in [0.1, 0.15) is 0 Å². The molecule has 0 saturated carbocycles. The van der Waals surface area contributed by atoms with Crippen LogP contribution >= 0.6 is 0 Å². The van der Waals surface area contributed by atoms with Gasteiger partial charge in [-0.15, -0.1) is 0 Å². The van der Waals surface area contributed by atoms with Gasteiger partial charge in [0.15, 0.2) is 5.78 Å². The average Bonchev–Trinajstić information content (AvgIpc) is 2.45. The summed E-state index contributed by atoms with van der Waals surface area (Å²) in [6.45, 7) is 4.02. The molecule has 1 rings (SSSR count). The van der Waals surface area contributed by atoms with Crippen LogP contribution in [0, 0.1) is 6.92 Å². The summed E-state index contributed by atoms with van der Waals surface area (Å²) in [6.07, 6.45) is 5.73. The SMILES string of the molecule is CCCCCC(=O)c1cn(C)nc1C. The van der Waals surface area contributed by atoms with E-state index in [0.29, 0.717) is 6.42 Å². The molecular weight excluding hydrogens is 176 g/mol. The molecule has 0 aliphatic heterocycles. The number of aromatic nitrogens is 2. The molecule has 0 spiro atoms. The fourth-order valence-electron chi connectivity index (χ4n) is 1.54. The third kappa shape index (κ3) is 2.69. The molecule has 14 heavy (non-hydrogen) atoms. The van der Waals surface area contributed by atoms with Crippen LogP contribution in [0.3, 0.4) is 0 Å². The van der Waals surface area contributed by atoms with Gasteiger partial charge in [0.2, 0.25) is 0 Å². The van der Waals surface area contributed by atoms with Crippen LogP contribution in [0.4, 0.5) is 0 Å². The van der Waals surface area contributed by atoms with E-state index in [1.54, 1.807) is 4.68 Å². The highest BCUT2D eigenvalue weighted by molar-refractivity contribution is 5.96. The molecule has 0 aliphatic carbocycles. The van der Waals surface area contributed by atoms with E-state index in [1.807, 2.05) is 20.2 Å². The van der Waals surface area contributed by atoms with E-state index in [2.05, 4.69) is 12.0 Å². The third-order valence-corrected chi connectivity index (χ3v) is 2.32. The molecule has 3 nitrogen and oxygen atoms in total. The van der Waals surface area contributed by atoms with Crippen molar-refractivity contribution in [3.8, 4) is 0 Å². The molecule has 0 saturated heterocycles. The molecule has 0 bridgehead atoms. The number of nitrogens with zero attached hydrogens (tertiary/aromatic N) is 2. The molecule has 1 aromatic rings. The third-order valence-electron chi connectivity index (χ3n) is 2.32. The average molecular weight is 194 g/mol. The summed E-state index contributed by atoms with van der Waals surface area (Å²) < 4.78 is 1.70. The second kappa shape index (κ2) is 4.94. The molecule has 0 N–H and O–H groups in total. The van der Waals surface area contributed by atoms with Gasteiger partial charge in [0.05, 0.1) is 11.3 Å². The molecule has 0 aromatic carbocycles. The Kier molecular flexibility index (Phi) is 3.86. The first-order valence-corrected chi connectivity index (χ1v) is 5.18. The topological polar surface area (TPSA) is 34.9 Å². The van der Waals surface area contributed by atoms with E-state index in [9.17, 15) is 4.79 Å². The number of unbranched alkanes of at least 4 members (excludes halogenated alkanes) is 2. The lowest BCUT2D eigenvalue weighted by Crippen LogP contribution is -1.99.